The van der Waals surface area contributed by atoms with Crippen molar-refractivity contribution in [3.63, 3.8) is 0 Å². The topological polar surface area (TPSA) is 116 Å². The molecule has 4 aromatic heterocycles. The standard InChI is InChI=1S/C22H21ClFN9O/c23-13-8-17(21(34)26-14-5-6-18(24)25-10-14)32(11-13)22-28-20(16-2-1-7-33(16)31-22)27-19-9-15(29-30-19)12-3-4-12/h1-2,5-7,9-10,12-13,17H,3-4,8,11H2,(H,26,34)(H2,27,28,29,30,31)/t13-,17+/m1/s1. The third-order valence-electron chi connectivity index (χ3n) is 6.05. The lowest BCUT2D eigenvalue weighted by Gasteiger charge is -2.24. The van der Waals surface area contributed by atoms with Gasteiger partial charge in [0.25, 0.3) is 0 Å². The Labute approximate surface area is 198 Å². The van der Waals surface area contributed by atoms with Gasteiger partial charge in [0.1, 0.15) is 11.6 Å². The molecule has 1 saturated carbocycles. The summed E-state index contributed by atoms with van der Waals surface area (Å²) in [6, 6.07) is 7.83. The largest absolute Gasteiger partial charge is 0.326 e. The Balaban J connectivity index is 1.29. The summed E-state index contributed by atoms with van der Waals surface area (Å²) in [6.45, 7) is 0.405. The van der Waals surface area contributed by atoms with Crippen molar-refractivity contribution in [2.24, 2.45) is 0 Å². The monoisotopic (exact) mass is 481 g/mol. The highest BCUT2D eigenvalue weighted by molar-refractivity contribution is 6.21. The van der Waals surface area contributed by atoms with Crippen molar-refractivity contribution in [3.05, 3.63) is 54.4 Å². The van der Waals surface area contributed by atoms with Crippen LogP contribution in [0.25, 0.3) is 5.52 Å². The van der Waals surface area contributed by atoms with E-state index < -0.39 is 12.0 Å². The first-order valence-electron chi connectivity index (χ1n) is 11.0. The van der Waals surface area contributed by atoms with Crippen molar-refractivity contribution in [3.8, 4) is 0 Å². The summed E-state index contributed by atoms with van der Waals surface area (Å²) in [5.41, 5.74) is 2.29. The van der Waals surface area contributed by atoms with Crippen LogP contribution in [0.5, 0.6) is 0 Å². The van der Waals surface area contributed by atoms with Gasteiger partial charge in [0.2, 0.25) is 17.8 Å². The maximum Gasteiger partial charge on any atom is 0.247 e. The van der Waals surface area contributed by atoms with Gasteiger partial charge in [-0.1, -0.05) is 0 Å². The molecule has 12 heteroatoms. The average molecular weight is 482 g/mol. The first-order valence-corrected chi connectivity index (χ1v) is 11.5. The van der Waals surface area contributed by atoms with Crippen LogP contribution in [0.15, 0.2) is 42.7 Å². The van der Waals surface area contributed by atoms with E-state index in [2.05, 4.69) is 30.9 Å². The molecule has 5 heterocycles. The van der Waals surface area contributed by atoms with Crippen LogP contribution in [0.2, 0.25) is 0 Å². The van der Waals surface area contributed by atoms with Crippen molar-refractivity contribution in [2.45, 2.75) is 36.6 Å². The van der Waals surface area contributed by atoms with Crippen LogP contribution in [0, 0.1) is 5.95 Å². The lowest BCUT2D eigenvalue weighted by molar-refractivity contribution is -0.117. The summed E-state index contributed by atoms with van der Waals surface area (Å²) in [5, 5.41) is 17.9. The zero-order valence-corrected chi connectivity index (χ0v) is 18.7. The van der Waals surface area contributed by atoms with Gasteiger partial charge >= 0.3 is 0 Å². The van der Waals surface area contributed by atoms with E-state index in [1.807, 2.05) is 24.4 Å². The highest BCUT2D eigenvalue weighted by Gasteiger charge is 2.38. The van der Waals surface area contributed by atoms with E-state index in [-0.39, 0.29) is 11.3 Å². The number of anilines is 4. The molecule has 0 aromatic carbocycles. The highest BCUT2D eigenvalue weighted by atomic mass is 35.5. The second-order valence-electron chi connectivity index (χ2n) is 8.57. The summed E-state index contributed by atoms with van der Waals surface area (Å²) < 4.78 is 14.8. The van der Waals surface area contributed by atoms with Gasteiger partial charge < -0.3 is 15.5 Å². The summed E-state index contributed by atoms with van der Waals surface area (Å²) in [7, 11) is 0. The molecule has 2 atom stereocenters. The predicted octanol–water partition coefficient (Wildman–Crippen LogP) is 3.43. The Kier molecular flexibility index (Phi) is 5.05. The Morgan fingerprint density at radius 1 is 1.26 bits per heavy atom. The fourth-order valence-electron chi connectivity index (χ4n) is 4.19. The molecule has 10 nitrogen and oxygen atoms in total. The number of carbonyl (C=O) groups is 1. The summed E-state index contributed by atoms with van der Waals surface area (Å²) >= 11 is 6.45. The first kappa shape index (κ1) is 20.8. The van der Waals surface area contributed by atoms with Gasteiger partial charge in [-0.05, 0) is 43.5 Å². The van der Waals surface area contributed by atoms with Gasteiger partial charge in [0, 0.05) is 30.4 Å². The number of hydrogen-bond donors (Lipinski definition) is 3. The van der Waals surface area contributed by atoms with E-state index in [9.17, 15) is 9.18 Å². The van der Waals surface area contributed by atoms with Crippen molar-refractivity contribution in [1.82, 2.24) is 29.8 Å². The number of amides is 1. The molecule has 0 radical (unpaired) electrons. The zero-order valence-electron chi connectivity index (χ0n) is 17.9. The second-order valence-corrected chi connectivity index (χ2v) is 9.18. The van der Waals surface area contributed by atoms with Gasteiger partial charge in [0.05, 0.1) is 17.3 Å². The number of rotatable bonds is 6. The SMILES string of the molecule is O=C(Nc1ccc(F)nc1)[C@@H]1C[C@@H](Cl)CN1c1nc(Nc2cc(C3CC3)[nH]n2)c2cccn2n1. The van der Waals surface area contributed by atoms with Gasteiger partial charge in [-0.2, -0.15) is 14.5 Å². The molecule has 1 aliphatic heterocycles. The van der Waals surface area contributed by atoms with Crippen LogP contribution in [0.1, 0.15) is 30.9 Å². The Morgan fingerprint density at radius 3 is 2.94 bits per heavy atom. The van der Waals surface area contributed by atoms with Crippen molar-refractivity contribution in [2.75, 3.05) is 22.1 Å². The number of nitrogens with one attached hydrogen (secondary N) is 3. The number of alkyl halides is 1. The summed E-state index contributed by atoms with van der Waals surface area (Å²) in [4.78, 5) is 23.2. The molecule has 0 bridgehead atoms. The third kappa shape index (κ3) is 4.03. The molecule has 1 aliphatic carbocycles. The van der Waals surface area contributed by atoms with Crippen LogP contribution in [0.4, 0.5) is 27.7 Å². The van der Waals surface area contributed by atoms with Crippen molar-refractivity contribution in [1.29, 1.82) is 0 Å². The van der Waals surface area contributed by atoms with Gasteiger partial charge in [-0.3, -0.25) is 9.89 Å². The van der Waals surface area contributed by atoms with Crippen LogP contribution in [-0.4, -0.2) is 53.7 Å². The molecular weight excluding hydrogens is 461 g/mol. The molecule has 2 aliphatic rings. The second kappa shape index (κ2) is 8.24. The number of hydrogen-bond acceptors (Lipinski definition) is 7. The molecule has 174 valence electrons. The highest BCUT2D eigenvalue weighted by Crippen LogP contribution is 2.40. The molecule has 3 N–H and O–H groups in total. The maximum absolute atomic E-state index is 13.1. The molecule has 6 rings (SSSR count). The minimum absolute atomic E-state index is 0.255. The number of pyridine rings is 1. The zero-order chi connectivity index (χ0) is 23.2. The molecule has 4 aromatic rings. The first-order chi connectivity index (χ1) is 16.5. The van der Waals surface area contributed by atoms with E-state index in [0.717, 1.165) is 11.2 Å². The van der Waals surface area contributed by atoms with Gasteiger partial charge in [-0.15, -0.1) is 16.7 Å². The quantitative estimate of drug-likeness (QED) is 0.285. The van der Waals surface area contributed by atoms with Crippen LogP contribution in [-0.2, 0) is 4.79 Å². The molecule has 0 unspecified atom stereocenters. The Bertz CT molecular complexity index is 1350. The molecule has 1 amide bonds. The molecule has 34 heavy (non-hydrogen) atoms. The minimum atomic E-state index is -0.615. The van der Waals surface area contributed by atoms with Crippen LogP contribution >= 0.6 is 11.6 Å². The minimum Gasteiger partial charge on any atom is -0.326 e. The van der Waals surface area contributed by atoms with Gasteiger partial charge in [0.15, 0.2) is 11.6 Å². The predicted molar refractivity (Wildman–Crippen MR) is 125 cm³/mol. The third-order valence-corrected chi connectivity index (χ3v) is 6.36. The van der Waals surface area contributed by atoms with E-state index in [0.29, 0.717) is 42.2 Å². The lowest BCUT2D eigenvalue weighted by Crippen LogP contribution is -2.41. The normalized spacial score (nSPS) is 20.1. The number of fused-ring (bicyclic) bond motifs is 1. The summed E-state index contributed by atoms with van der Waals surface area (Å²) in [6.07, 6.45) is 5.86. The fourth-order valence-corrected chi connectivity index (χ4v) is 4.51. The Hall–Kier alpha value is -3.73. The van der Waals surface area contributed by atoms with Crippen LogP contribution < -0.4 is 15.5 Å². The number of halogens is 2. The molecule has 1 saturated heterocycles. The van der Waals surface area contributed by atoms with Crippen LogP contribution in [0.3, 0.4) is 0 Å². The van der Waals surface area contributed by atoms with E-state index in [1.165, 1.54) is 31.2 Å². The number of aromatic amines is 1. The van der Waals surface area contributed by atoms with E-state index >= 15 is 0 Å². The van der Waals surface area contributed by atoms with Gasteiger partial charge in [-0.25, -0.2) is 9.50 Å². The maximum atomic E-state index is 13.1. The number of H-pyrrole nitrogens is 1. The molecule has 0 spiro atoms. The average Bonchev–Trinajstić information content (AvgIpc) is 3.20. The number of aromatic nitrogens is 6. The molecule has 2 fully saturated rings. The lowest BCUT2D eigenvalue weighted by atomic mass is 10.2. The van der Waals surface area contributed by atoms with Crippen molar-refractivity contribution >= 4 is 46.3 Å². The smallest absolute Gasteiger partial charge is 0.247 e. The fraction of sp³-hybridized carbons (Fsp3) is 0.318. The number of carbonyl (C=O) groups excluding carboxylic acids is 1. The van der Waals surface area contributed by atoms with E-state index in [4.69, 9.17) is 16.6 Å². The summed E-state index contributed by atoms with van der Waals surface area (Å²) in [5.74, 6) is 1.26. The van der Waals surface area contributed by atoms with E-state index in [1.54, 1.807) is 9.42 Å². The Morgan fingerprint density at radius 2 is 2.15 bits per heavy atom. The van der Waals surface area contributed by atoms with Crippen molar-refractivity contribution < 1.29 is 9.18 Å². The number of nitrogens with zero attached hydrogens (tertiary/aromatic N) is 6. The molecular formula is C22H21ClFN9O.